The van der Waals surface area contributed by atoms with E-state index in [1.54, 1.807) is 6.33 Å². The fourth-order valence-electron chi connectivity index (χ4n) is 2.00. The van der Waals surface area contributed by atoms with Crippen molar-refractivity contribution < 1.29 is 0 Å². The first-order chi connectivity index (χ1) is 8.33. The van der Waals surface area contributed by atoms with Crippen LogP contribution < -0.4 is 5.73 Å². The van der Waals surface area contributed by atoms with Gasteiger partial charge in [-0.2, -0.15) is 0 Å². The van der Waals surface area contributed by atoms with E-state index in [1.165, 1.54) is 57.8 Å². The minimum atomic E-state index is 0.376. The van der Waals surface area contributed by atoms with E-state index >= 15 is 0 Å². The largest absolute Gasteiger partial charge is 0.367 e. The number of nitrogens with two attached hydrogens (primary N) is 1. The second kappa shape index (κ2) is 9.02. The van der Waals surface area contributed by atoms with Crippen LogP contribution in [0.5, 0.6) is 0 Å². The molecule has 17 heavy (non-hydrogen) atoms. The lowest BCUT2D eigenvalue weighted by Crippen LogP contribution is -1.99. The fourth-order valence-corrected chi connectivity index (χ4v) is 2.00. The normalized spacial score (nSPS) is 10.9. The molecule has 1 rings (SSSR count). The van der Waals surface area contributed by atoms with Crippen LogP contribution in [0.15, 0.2) is 6.33 Å². The first kappa shape index (κ1) is 14.0. The zero-order valence-corrected chi connectivity index (χ0v) is 11.1. The lowest BCUT2D eigenvalue weighted by atomic mass is 10.1. The van der Waals surface area contributed by atoms with Crippen LogP contribution in [0.4, 0.5) is 5.95 Å². The smallest absolute Gasteiger partial charge is 0.239 e. The van der Waals surface area contributed by atoms with Crippen LogP contribution in [0.2, 0.25) is 0 Å². The van der Waals surface area contributed by atoms with Gasteiger partial charge in [0, 0.05) is 6.54 Å². The first-order valence-corrected chi connectivity index (χ1v) is 6.98. The van der Waals surface area contributed by atoms with E-state index < -0.39 is 0 Å². The van der Waals surface area contributed by atoms with Crippen LogP contribution in [0.25, 0.3) is 0 Å². The average molecular weight is 238 g/mol. The molecule has 4 heteroatoms. The van der Waals surface area contributed by atoms with Gasteiger partial charge in [-0.25, -0.2) is 4.98 Å². The molecule has 0 saturated carbocycles. The maximum absolute atomic E-state index is 5.45. The van der Waals surface area contributed by atoms with Gasteiger partial charge in [0.25, 0.3) is 0 Å². The van der Waals surface area contributed by atoms with Crippen molar-refractivity contribution in [3.63, 3.8) is 0 Å². The Morgan fingerprint density at radius 3 is 2.12 bits per heavy atom. The SMILES string of the molecule is CCCCCCCCCCCn1cnc(N)n1. The minimum Gasteiger partial charge on any atom is -0.367 e. The van der Waals surface area contributed by atoms with E-state index in [0.29, 0.717) is 5.95 Å². The van der Waals surface area contributed by atoms with Crippen LogP contribution >= 0.6 is 0 Å². The molecule has 0 aliphatic heterocycles. The van der Waals surface area contributed by atoms with Gasteiger partial charge in [-0.15, -0.1) is 5.10 Å². The molecule has 1 aromatic rings. The van der Waals surface area contributed by atoms with Gasteiger partial charge in [0.2, 0.25) is 5.95 Å². The zero-order chi connectivity index (χ0) is 12.3. The van der Waals surface area contributed by atoms with E-state index in [2.05, 4.69) is 17.0 Å². The lowest BCUT2D eigenvalue weighted by Gasteiger charge is -2.02. The molecule has 1 heterocycles. The molecule has 2 N–H and O–H groups in total. The molecule has 0 aliphatic carbocycles. The lowest BCUT2D eigenvalue weighted by molar-refractivity contribution is 0.517. The summed E-state index contributed by atoms with van der Waals surface area (Å²) < 4.78 is 1.83. The molecular formula is C13H26N4. The molecule has 98 valence electrons. The summed E-state index contributed by atoms with van der Waals surface area (Å²) in [6.07, 6.45) is 13.8. The van der Waals surface area contributed by atoms with Gasteiger partial charge < -0.3 is 5.73 Å². The third-order valence-corrected chi connectivity index (χ3v) is 3.04. The standard InChI is InChI=1S/C13H26N4/c1-2-3-4-5-6-7-8-9-10-11-17-12-15-13(14)16-17/h12H,2-11H2,1H3,(H2,14,16). The van der Waals surface area contributed by atoms with Crippen LogP contribution in [0.3, 0.4) is 0 Å². The van der Waals surface area contributed by atoms with Crippen molar-refractivity contribution in [2.24, 2.45) is 0 Å². The maximum Gasteiger partial charge on any atom is 0.239 e. The molecule has 0 fully saturated rings. The molecule has 0 radical (unpaired) electrons. The highest BCUT2D eigenvalue weighted by atomic mass is 15.3. The average Bonchev–Trinajstić information content (AvgIpc) is 2.73. The van der Waals surface area contributed by atoms with Crippen molar-refractivity contribution in [1.82, 2.24) is 14.8 Å². The van der Waals surface area contributed by atoms with Crippen LogP contribution in [-0.2, 0) is 6.54 Å². The molecule has 0 bridgehead atoms. The van der Waals surface area contributed by atoms with Gasteiger partial charge in [0.15, 0.2) is 0 Å². The van der Waals surface area contributed by atoms with Gasteiger partial charge in [-0.1, -0.05) is 58.3 Å². The van der Waals surface area contributed by atoms with Gasteiger partial charge in [0.1, 0.15) is 6.33 Å². The fraction of sp³-hybridized carbons (Fsp3) is 0.846. The summed E-state index contributed by atoms with van der Waals surface area (Å²) in [6.45, 7) is 3.21. The van der Waals surface area contributed by atoms with Crippen molar-refractivity contribution in [2.75, 3.05) is 5.73 Å². The highest BCUT2D eigenvalue weighted by Gasteiger charge is 1.96. The van der Waals surface area contributed by atoms with Gasteiger partial charge in [-0.05, 0) is 6.42 Å². The Hall–Kier alpha value is -1.06. The van der Waals surface area contributed by atoms with Crippen LogP contribution in [0.1, 0.15) is 64.7 Å². The van der Waals surface area contributed by atoms with Crippen molar-refractivity contribution in [1.29, 1.82) is 0 Å². The van der Waals surface area contributed by atoms with Crippen LogP contribution in [-0.4, -0.2) is 14.8 Å². The topological polar surface area (TPSA) is 56.7 Å². The quantitative estimate of drug-likeness (QED) is 0.636. The Morgan fingerprint density at radius 1 is 1.00 bits per heavy atom. The molecule has 0 amide bonds. The third kappa shape index (κ3) is 6.97. The Labute approximate surface area is 105 Å². The number of hydrogen-bond acceptors (Lipinski definition) is 3. The second-order valence-electron chi connectivity index (χ2n) is 4.69. The Morgan fingerprint density at radius 2 is 1.59 bits per heavy atom. The minimum absolute atomic E-state index is 0.376. The molecule has 0 aliphatic rings. The number of anilines is 1. The molecule has 0 unspecified atom stereocenters. The maximum atomic E-state index is 5.45. The molecular weight excluding hydrogens is 212 g/mol. The molecule has 0 atom stereocenters. The van der Waals surface area contributed by atoms with E-state index in [9.17, 15) is 0 Å². The summed E-state index contributed by atoms with van der Waals surface area (Å²) >= 11 is 0. The summed E-state index contributed by atoms with van der Waals surface area (Å²) in [4.78, 5) is 3.90. The second-order valence-corrected chi connectivity index (χ2v) is 4.69. The summed E-state index contributed by atoms with van der Waals surface area (Å²) in [5.74, 6) is 0.376. The van der Waals surface area contributed by atoms with Crippen molar-refractivity contribution in [3.05, 3.63) is 6.33 Å². The number of hydrogen-bond donors (Lipinski definition) is 1. The van der Waals surface area contributed by atoms with E-state index in [1.807, 2.05) is 4.68 Å². The molecule has 4 nitrogen and oxygen atoms in total. The number of nitrogens with zero attached hydrogens (tertiary/aromatic N) is 3. The Kier molecular flexibility index (Phi) is 7.43. The van der Waals surface area contributed by atoms with Gasteiger partial charge in [0.05, 0.1) is 0 Å². The van der Waals surface area contributed by atoms with Crippen molar-refractivity contribution in [3.8, 4) is 0 Å². The predicted octanol–water partition coefficient (Wildman–Crippen LogP) is 3.39. The molecule has 1 aromatic heterocycles. The van der Waals surface area contributed by atoms with Gasteiger partial charge >= 0.3 is 0 Å². The first-order valence-electron chi connectivity index (χ1n) is 6.98. The Balaban J connectivity index is 1.84. The molecule has 0 aromatic carbocycles. The van der Waals surface area contributed by atoms with Gasteiger partial charge in [-0.3, -0.25) is 4.68 Å². The van der Waals surface area contributed by atoms with E-state index in [0.717, 1.165) is 6.54 Å². The number of nitrogen functional groups attached to an aromatic ring is 1. The summed E-state index contributed by atoms with van der Waals surface area (Å²) in [5.41, 5.74) is 5.45. The highest BCUT2D eigenvalue weighted by molar-refractivity contribution is 5.08. The number of rotatable bonds is 10. The Bertz CT molecular complexity index is 283. The number of unbranched alkanes of at least 4 members (excludes halogenated alkanes) is 8. The van der Waals surface area contributed by atoms with Crippen LogP contribution in [0, 0.1) is 0 Å². The number of aryl methyl sites for hydroxylation is 1. The summed E-state index contributed by atoms with van der Waals surface area (Å²) in [6, 6.07) is 0. The number of aromatic nitrogens is 3. The van der Waals surface area contributed by atoms with Crippen molar-refractivity contribution >= 4 is 5.95 Å². The summed E-state index contributed by atoms with van der Waals surface area (Å²) in [7, 11) is 0. The third-order valence-electron chi connectivity index (χ3n) is 3.04. The molecule has 0 spiro atoms. The zero-order valence-electron chi connectivity index (χ0n) is 11.1. The highest BCUT2D eigenvalue weighted by Crippen LogP contribution is 2.09. The predicted molar refractivity (Wildman–Crippen MR) is 71.7 cm³/mol. The van der Waals surface area contributed by atoms with Crippen molar-refractivity contribution in [2.45, 2.75) is 71.3 Å². The van der Waals surface area contributed by atoms with E-state index in [4.69, 9.17) is 5.73 Å². The molecule has 0 saturated heterocycles. The monoisotopic (exact) mass is 238 g/mol. The summed E-state index contributed by atoms with van der Waals surface area (Å²) in [5, 5.41) is 4.06. The van der Waals surface area contributed by atoms with E-state index in [-0.39, 0.29) is 0 Å².